The molecule has 0 unspecified atom stereocenters. The molecule has 1 saturated heterocycles. The van der Waals surface area contributed by atoms with E-state index in [9.17, 15) is 9.59 Å². The van der Waals surface area contributed by atoms with Crippen molar-refractivity contribution in [2.45, 2.75) is 72.0 Å². The zero-order valence-electron chi connectivity index (χ0n) is 26.0. The van der Waals surface area contributed by atoms with Gasteiger partial charge in [0.25, 0.3) is 0 Å². The Morgan fingerprint density at radius 1 is 1.09 bits per heavy atom. The third-order valence-electron chi connectivity index (χ3n) is 9.16. The molecular formula is C31H40ClN9O3. The lowest BCUT2D eigenvalue weighted by atomic mass is 9.83. The number of carbonyl (C=O) groups excluding carboxylic acids is 1. The molecule has 234 valence electrons. The fraction of sp³-hybridized carbons (Fsp3) is 0.548. The van der Waals surface area contributed by atoms with Crippen LogP contribution < -0.4 is 10.7 Å². The van der Waals surface area contributed by atoms with Gasteiger partial charge in [0.2, 0.25) is 11.8 Å². The molecule has 0 aromatic carbocycles. The highest BCUT2D eigenvalue weighted by Gasteiger charge is 2.36. The van der Waals surface area contributed by atoms with Crippen molar-refractivity contribution in [3.63, 3.8) is 0 Å². The Kier molecular flexibility index (Phi) is 8.36. The third-order valence-corrected chi connectivity index (χ3v) is 9.37. The van der Waals surface area contributed by atoms with Gasteiger partial charge in [-0.1, -0.05) is 36.5 Å². The van der Waals surface area contributed by atoms with Crippen LogP contribution >= 0.6 is 11.6 Å². The summed E-state index contributed by atoms with van der Waals surface area (Å²) in [6, 6.07) is 3.77. The quantitative estimate of drug-likeness (QED) is 0.308. The summed E-state index contributed by atoms with van der Waals surface area (Å²) in [5.41, 5.74) is 3.41. The lowest BCUT2D eigenvalue weighted by Crippen LogP contribution is -2.60. The van der Waals surface area contributed by atoms with E-state index in [2.05, 4.69) is 45.4 Å². The van der Waals surface area contributed by atoms with E-state index in [-0.39, 0.29) is 23.9 Å². The van der Waals surface area contributed by atoms with Gasteiger partial charge >= 0.3 is 11.8 Å². The number of hydrogen-bond acceptors (Lipinski definition) is 8. The van der Waals surface area contributed by atoms with E-state index >= 15 is 0 Å². The van der Waals surface area contributed by atoms with E-state index in [1.807, 2.05) is 31.0 Å². The lowest BCUT2D eigenvalue weighted by Gasteiger charge is -2.46. The molecular weight excluding hydrogens is 582 g/mol. The summed E-state index contributed by atoms with van der Waals surface area (Å²) in [6.07, 6.45) is 8.04. The molecule has 0 radical (unpaired) electrons. The summed E-state index contributed by atoms with van der Waals surface area (Å²) in [5.74, 6) is 1.64. The SMILES string of the molecule is CCN(C)C(=O)N1C[C@@H](C)N(c2nc3cc(-c4noc(=O)[nH]4)nc(-c4cncc(Cl)c4)c3n2C[C@H]2CC[C@H](C)CC2)[C@H](C)C1. The summed E-state index contributed by atoms with van der Waals surface area (Å²) in [5, 5.41) is 4.39. The first-order chi connectivity index (χ1) is 21.1. The van der Waals surface area contributed by atoms with Gasteiger partial charge in [-0.3, -0.25) is 14.5 Å². The molecule has 6 rings (SSSR count). The monoisotopic (exact) mass is 621 g/mol. The molecule has 4 aromatic rings. The number of imidazole rings is 1. The minimum atomic E-state index is -0.658. The predicted molar refractivity (Wildman–Crippen MR) is 170 cm³/mol. The molecule has 1 saturated carbocycles. The standard InChI is InChI=1S/C31H40ClN9O3/c1-6-38(5)31(43)39-15-19(3)41(20(4)16-39)29-35-24-12-25(28-36-30(42)44-37-28)34-26(22-11-23(32)14-33-13-22)27(24)40(29)17-21-9-7-18(2)8-10-21/h11-14,18-21H,6-10,15-17H2,1-5H3,(H,36,37,42)/t18-,19-,20-,21-/m1/s1. The average molecular weight is 622 g/mol. The first-order valence-electron chi connectivity index (χ1n) is 15.5. The molecule has 4 aromatic heterocycles. The highest BCUT2D eigenvalue weighted by molar-refractivity contribution is 6.30. The zero-order valence-corrected chi connectivity index (χ0v) is 26.7. The molecule has 5 heterocycles. The smallest absolute Gasteiger partial charge is 0.333 e. The second kappa shape index (κ2) is 12.2. The molecule has 13 heteroatoms. The van der Waals surface area contributed by atoms with Crippen LogP contribution in [0.3, 0.4) is 0 Å². The van der Waals surface area contributed by atoms with Crippen LogP contribution in [-0.2, 0) is 6.54 Å². The molecule has 2 aliphatic rings. The Balaban J connectivity index is 1.52. The third kappa shape index (κ3) is 5.79. The number of aromatic nitrogens is 6. The number of anilines is 1. The molecule has 0 spiro atoms. The summed E-state index contributed by atoms with van der Waals surface area (Å²) < 4.78 is 7.12. The van der Waals surface area contributed by atoms with Crippen molar-refractivity contribution >= 4 is 34.6 Å². The van der Waals surface area contributed by atoms with Gasteiger partial charge in [0.05, 0.1) is 21.7 Å². The number of hydrogen-bond donors (Lipinski definition) is 1. The van der Waals surface area contributed by atoms with Crippen LogP contribution in [0.15, 0.2) is 33.8 Å². The summed E-state index contributed by atoms with van der Waals surface area (Å²) in [6.45, 7) is 11.2. The van der Waals surface area contributed by atoms with Crippen LogP contribution in [0.1, 0.15) is 53.4 Å². The number of nitrogens with zero attached hydrogens (tertiary/aromatic N) is 8. The number of urea groups is 1. The number of pyridine rings is 2. The fourth-order valence-electron chi connectivity index (χ4n) is 6.74. The number of H-pyrrole nitrogens is 1. The van der Waals surface area contributed by atoms with Crippen LogP contribution in [0.2, 0.25) is 5.02 Å². The zero-order chi connectivity index (χ0) is 31.1. The second-order valence-electron chi connectivity index (χ2n) is 12.5. The molecule has 1 aliphatic carbocycles. The van der Waals surface area contributed by atoms with Gasteiger partial charge in [-0.05, 0) is 57.6 Å². The van der Waals surface area contributed by atoms with Crippen molar-refractivity contribution in [3.05, 3.63) is 40.1 Å². The molecule has 1 aliphatic heterocycles. The first-order valence-corrected chi connectivity index (χ1v) is 15.9. The van der Waals surface area contributed by atoms with Crippen molar-refractivity contribution in [1.82, 2.24) is 39.5 Å². The van der Waals surface area contributed by atoms with Crippen molar-refractivity contribution in [2.75, 3.05) is 31.6 Å². The van der Waals surface area contributed by atoms with Crippen molar-refractivity contribution in [2.24, 2.45) is 11.8 Å². The molecule has 1 N–H and O–H groups in total. The number of fused-ring (bicyclic) bond motifs is 1. The number of amides is 2. The maximum Gasteiger partial charge on any atom is 0.439 e. The molecule has 44 heavy (non-hydrogen) atoms. The van der Waals surface area contributed by atoms with Crippen molar-refractivity contribution < 1.29 is 9.32 Å². The Bertz CT molecular complexity index is 1690. The minimum Gasteiger partial charge on any atom is -0.333 e. The van der Waals surface area contributed by atoms with E-state index in [1.165, 1.54) is 12.8 Å². The highest BCUT2D eigenvalue weighted by Crippen LogP contribution is 2.38. The van der Waals surface area contributed by atoms with Crippen molar-refractivity contribution in [1.29, 1.82) is 0 Å². The van der Waals surface area contributed by atoms with Gasteiger partial charge in [0.1, 0.15) is 5.69 Å². The topological polar surface area (TPSA) is 129 Å². The van der Waals surface area contributed by atoms with Gasteiger partial charge in [0, 0.05) is 63.3 Å². The first kappa shape index (κ1) is 30.1. The van der Waals surface area contributed by atoms with Gasteiger partial charge in [-0.25, -0.2) is 19.6 Å². The van der Waals surface area contributed by atoms with E-state index < -0.39 is 5.76 Å². The van der Waals surface area contributed by atoms with Gasteiger partial charge in [-0.15, -0.1) is 0 Å². The van der Waals surface area contributed by atoms with Gasteiger partial charge in [-0.2, -0.15) is 0 Å². The van der Waals surface area contributed by atoms with E-state index in [0.29, 0.717) is 42.0 Å². The average Bonchev–Trinajstić information content (AvgIpc) is 3.60. The molecule has 0 bridgehead atoms. The Morgan fingerprint density at radius 2 is 1.82 bits per heavy atom. The molecule has 12 nitrogen and oxygen atoms in total. The number of piperazine rings is 1. The van der Waals surface area contributed by atoms with Gasteiger partial charge in [0.15, 0.2) is 0 Å². The summed E-state index contributed by atoms with van der Waals surface area (Å²) in [4.78, 5) is 48.2. The van der Waals surface area contributed by atoms with Crippen LogP contribution in [0.25, 0.3) is 33.8 Å². The second-order valence-corrected chi connectivity index (χ2v) is 13.0. The van der Waals surface area contributed by atoms with Crippen LogP contribution in [0.5, 0.6) is 0 Å². The minimum absolute atomic E-state index is 0.0190. The number of halogens is 1. The number of aromatic amines is 1. The number of carbonyl (C=O) groups is 1. The normalized spacial score (nSPS) is 22.5. The lowest BCUT2D eigenvalue weighted by molar-refractivity contribution is 0.146. The number of rotatable bonds is 6. The molecule has 2 atom stereocenters. The fourth-order valence-corrected chi connectivity index (χ4v) is 6.91. The maximum absolute atomic E-state index is 13.1. The predicted octanol–water partition coefficient (Wildman–Crippen LogP) is 5.29. The number of nitrogens with one attached hydrogen (secondary N) is 1. The van der Waals surface area contributed by atoms with Crippen LogP contribution in [0, 0.1) is 11.8 Å². The van der Waals surface area contributed by atoms with E-state index in [0.717, 1.165) is 47.8 Å². The Labute approximate surface area is 261 Å². The van der Waals surface area contributed by atoms with Crippen molar-refractivity contribution in [3.8, 4) is 22.8 Å². The molecule has 2 fully saturated rings. The van der Waals surface area contributed by atoms with Crippen LogP contribution in [0.4, 0.5) is 10.7 Å². The summed E-state index contributed by atoms with van der Waals surface area (Å²) in [7, 11) is 1.84. The van der Waals surface area contributed by atoms with E-state index in [4.69, 9.17) is 26.1 Å². The van der Waals surface area contributed by atoms with Gasteiger partial charge < -0.3 is 19.3 Å². The van der Waals surface area contributed by atoms with E-state index in [1.54, 1.807) is 17.3 Å². The Hall–Kier alpha value is -3.93. The highest BCUT2D eigenvalue weighted by atomic mass is 35.5. The molecule has 2 amide bonds. The summed E-state index contributed by atoms with van der Waals surface area (Å²) >= 11 is 6.42. The van der Waals surface area contributed by atoms with Crippen LogP contribution in [-0.4, -0.2) is 84.3 Å². The Morgan fingerprint density at radius 3 is 2.45 bits per heavy atom. The largest absolute Gasteiger partial charge is 0.439 e. The maximum atomic E-state index is 13.1.